The number of ether oxygens (including phenoxy) is 1. The number of allylic oxidation sites excluding steroid dienone is 1. The second-order valence-electron chi connectivity index (χ2n) is 8.88. The number of nitrogens with one attached hydrogen (secondary N) is 1. The number of unbranched alkanes of at least 4 members (excludes halogenated alkanes) is 1. The van der Waals surface area contributed by atoms with Gasteiger partial charge < -0.3 is 15.0 Å². The first-order valence-corrected chi connectivity index (χ1v) is 12.3. The Morgan fingerprint density at radius 3 is 2.27 bits per heavy atom. The van der Waals surface area contributed by atoms with Gasteiger partial charge in [-0.25, -0.2) is 4.79 Å². The topological polar surface area (TPSA) is 75.7 Å². The average Bonchev–Trinajstić information content (AvgIpc) is 2.86. The highest BCUT2D eigenvalue weighted by molar-refractivity contribution is 5.96. The highest BCUT2D eigenvalue weighted by Crippen LogP contribution is 2.39. The molecular formula is C28H31F3N2O4. The average molecular weight is 517 g/mol. The van der Waals surface area contributed by atoms with Gasteiger partial charge in [0.1, 0.15) is 0 Å². The van der Waals surface area contributed by atoms with Crippen LogP contribution in [0.4, 0.5) is 13.2 Å². The second-order valence-corrected chi connectivity index (χ2v) is 8.88. The maximum absolute atomic E-state index is 13.2. The molecule has 9 heteroatoms. The molecule has 2 aromatic carbocycles. The quantitative estimate of drug-likeness (QED) is 0.348. The Bertz CT molecular complexity index is 1160. The summed E-state index contributed by atoms with van der Waals surface area (Å²) in [6.07, 6.45) is -2.71. The van der Waals surface area contributed by atoms with Crippen LogP contribution in [0.3, 0.4) is 0 Å². The predicted molar refractivity (Wildman–Crippen MR) is 132 cm³/mol. The molecule has 0 saturated carbocycles. The van der Waals surface area contributed by atoms with Crippen LogP contribution in [-0.2, 0) is 27.0 Å². The van der Waals surface area contributed by atoms with Crippen LogP contribution in [0.2, 0.25) is 0 Å². The molecule has 1 N–H and O–H groups in total. The number of hydrogen-bond donors (Lipinski definition) is 1. The number of rotatable bonds is 9. The van der Waals surface area contributed by atoms with Crippen molar-refractivity contribution in [1.29, 1.82) is 0 Å². The number of hydrogen-bond acceptors (Lipinski definition) is 4. The Hall–Kier alpha value is -3.62. The molecular weight excluding hydrogens is 485 g/mol. The van der Waals surface area contributed by atoms with Crippen LogP contribution in [0.1, 0.15) is 73.0 Å². The van der Waals surface area contributed by atoms with Crippen molar-refractivity contribution in [2.45, 2.75) is 58.7 Å². The van der Waals surface area contributed by atoms with Crippen LogP contribution in [0.25, 0.3) is 0 Å². The molecule has 2 aromatic rings. The molecule has 0 radical (unpaired) electrons. The van der Waals surface area contributed by atoms with Gasteiger partial charge in [-0.1, -0.05) is 37.6 Å². The smallest absolute Gasteiger partial charge is 0.416 e. The lowest BCUT2D eigenvalue weighted by Gasteiger charge is -2.34. The fourth-order valence-corrected chi connectivity index (χ4v) is 4.29. The molecule has 0 bridgehead atoms. The van der Waals surface area contributed by atoms with Crippen molar-refractivity contribution in [2.75, 3.05) is 13.2 Å². The van der Waals surface area contributed by atoms with Crippen molar-refractivity contribution in [3.05, 3.63) is 82.1 Å². The molecule has 1 heterocycles. The Balaban J connectivity index is 1.87. The van der Waals surface area contributed by atoms with E-state index in [1.807, 2.05) is 6.92 Å². The minimum absolute atomic E-state index is 0.0885. The molecule has 0 aromatic heterocycles. The Kier molecular flexibility index (Phi) is 9.13. The monoisotopic (exact) mass is 516 g/mol. The van der Waals surface area contributed by atoms with E-state index in [1.54, 1.807) is 38.1 Å². The van der Waals surface area contributed by atoms with Crippen molar-refractivity contribution in [3.8, 4) is 0 Å². The maximum Gasteiger partial charge on any atom is 0.416 e. The lowest BCUT2D eigenvalue weighted by atomic mass is 9.83. The molecule has 37 heavy (non-hydrogen) atoms. The molecule has 1 aliphatic rings. The third kappa shape index (κ3) is 6.78. The standard InChI is InChI=1S/C28H31F3N2O4/c1-4-6-15-32-26(35)21-9-7-19(8-10-21)17-33-18(3)25(27(36)37-5-2)23(16-24(33)34)20-11-13-22(14-12-20)28(29,30)31/h7-14,23H,4-6,15-17H2,1-3H3,(H,32,35). The number of carbonyl (C=O) groups excluding carboxylic acids is 3. The zero-order valence-electron chi connectivity index (χ0n) is 21.2. The minimum atomic E-state index is -4.49. The van der Waals surface area contributed by atoms with Gasteiger partial charge in [0.15, 0.2) is 0 Å². The summed E-state index contributed by atoms with van der Waals surface area (Å²) in [5, 5.41) is 2.85. The number of alkyl halides is 3. The summed E-state index contributed by atoms with van der Waals surface area (Å²) in [7, 11) is 0. The number of esters is 1. The van der Waals surface area contributed by atoms with E-state index in [1.165, 1.54) is 17.0 Å². The number of benzene rings is 2. The largest absolute Gasteiger partial charge is 0.463 e. The summed E-state index contributed by atoms with van der Waals surface area (Å²) in [5.41, 5.74) is 1.53. The van der Waals surface area contributed by atoms with E-state index in [9.17, 15) is 27.6 Å². The normalized spacial score (nSPS) is 16.1. The molecule has 0 aliphatic carbocycles. The van der Waals surface area contributed by atoms with Gasteiger partial charge >= 0.3 is 12.1 Å². The van der Waals surface area contributed by atoms with Gasteiger partial charge in [-0.05, 0) is 55.7 Å². The van der Waals surface area contributed by atoms with Crippen LogP contribution < -0.4 is 5.32 Å². The number of carbonyl (C=O) groups is 3. The van der Waals surface area contributed by atoms with Gasteiger partial charge in [0.05, 0.1) is 24.3 Å². The predicted octanol–water partition coefficient (Wildman–Crippen LogP) is 5.59. The molecule has 2 amide bonds. The molecule has 1 unspecified atom stereocenters. The van der Waals surface area contributed by atoms with E-state index in [4.69, 9.17) is 4.74 Å². The van der Waals surface area contributed by atoms with Crippen molar-refractivity contribution < 1.29 is 32.3 Å². The van der Waals surface area contributed by atoms with Crippen LogP contribution in [0.5, 0.6) is 0 Å². The van der Waals surface area contributed by atoms with Gasteiger partial charge in [-0.15, -0.1) is 0 Å². The number of amides is 2. The Morgan fingerprint density at radius 1 is 1.05 bits per heavy atom. The summed E-state index contributed by atoms with van der Waals surface area (Å²) < 4.78 is 44.3. The highest BCUT2D eigenvalue weighted by Gasteiger charge is 2.37. The summed E-state index contributed by atoms with van der Waals surface area (Å²) in [5.74, 6) is -1.77. The lowest BCUT2D eigenvalue weighted by molar-refractivity contribution is -0.140. The molecule has 0 saturated heterocycles. The highest BCUT2D eigenvalue weighted by atomic mass is 19.4. The lowest BCUT2D eigenvalue weighted by Crippen LogP contribution is -2.38. The molecule has 1 aliphatic heterocycles. The van der Waals surface area contributed by atoms with Crippen molar-refractivity contribution >= 4 is 17.8 Å². The fraction of sp³-hybridized carbons (Fsp3) is 0.393. The van der Waals surface area contributed by atoms with E-state index in [2.05, 4.69) is 5.32 Å². The van der Waals surface area contributed by atoms with E-state index < -0.39 is 23.6 Å². The first-order valence-electron chi connectivity index (χ1n) is 12.3. The van der Waals surface area contributed by atoms with Crippen LogP contribution in [0.15, 0.2) is 59.8 Å². The first-order chi connectivity index (χ1) is 17.6. The zero-order valence-corrected chi connectivity index (χ0v) is 21.2. The molecule has 198 valence electrons. The fourth-order valence-electron chi connectivity index (χ4n) is 4.29. The van der Waals surface area contributed by atoms with Crippen molar-refractivity contribution in [2.24, 2.45) is 0 Å². The maximum atomic E-state index is 13.2. The molecule has 3 rings (SSSR count). The minimum Gasteiger partial charge on any atom is -0.463 e. The second kappa shape index (κ2) is 12.1. The van der Waals surface area contributed by atoms with Crippen LogP contribution in [0, 0.1) is 0 Å². The van der Waals surface area contributed by atoms with E-state index in [-0.39, 0.29) is 37.0 Å². The van der Waals surface area contributed by atoms with E-state index >= 15 is 0 Å². The van der Waals surface area contributed by atoms with E-state index in [0.29, 0.717) is 23.4 Å². The summed E-state index contributed by atoms with van der Waals surface area (Å²) >= 11 is 0. The van der Waals surface area contributed by atoms with Crippen molar-refractivity contribution in [3.63, 3.8) is 0 Å². The Morgan fingerprint density at radius 2 is 1.70 bits per heavy atom. The number of halogens is 3. The molecule has 0 spiro atoms. The Labute approximate surface area is 214 Å². The summed E-state index contributed by atoms with van der Waals surface area (Å²) in [4.78, 5) is 39.8. The molecule has 0 fully saturated rings. The summed E-state index contributed by atoms with van der Waals surface area (Å²) in [6, 6.07) is 11.4. The van der Waals surface area contributed by atoms with Gasteiger partial charge in [0.2, 0.25) is 5.91 Å². The summed E-state index contributed by atoms with van der Waals surface area (Å²) in [6.45, 7) is 6.22. The molecule has 1 atom stereocenters. The van der Waals surface area contributed by atoms with Crippen LogP contribution in [-0.4, -0.2) is 35.8 Å². The van der Waals surface area contributed by atoms with Gasteiger partial charge in [-0.2, -0.15) is 13.2 Å². The third-order valence-corrected chi connectivity index (χ3v) is 6.33. The number of nitrogens with zero attached hydrogens (tertiary/aromatic N) is 1. The van der Waals surface area contributed by atoms with Gasteiger partial charge in [0, 0.05) is 30.1 Å². The van der Waals surface area contributed by atoms with Gasteiger partial charge in [-0.3, -0.25) is 9.59 Å². The SMILES string of the molecule is CCCCNC(=O)c1ccc(CN2C(=O)CC(c3ccc(C(F)(F)F)cc3)C(C(=O)OCC)=C2C)cc1. The van der Waals surface area contributed by atoms with E-state index in [0.717, 1.165) is 30.5 Å². The third-order valence-electron chi connectivity index (χ3n) is 6.33. The zero-order chi connectivity index (χ0) is 27.2. The van der Waals surface area contributed by atoms with Crippen LogP contribution >= 0.6 is 0 Å². The first kappa shape index (κ1) is 28.0. The van der Waals surface area contributed by atoms with Gasteiger partial charge in [0.25, 0.3) is 5.91 Å². The molecule has 6 nitrogen and oxygen atoms in total. The van der Waals surface area contributed by atoms with Crippen molar-refractivity contribution in [1.82, 2.24) is 10.2 Å².